The van der Waals surface area contributed by atoms with Crippen LogP contribution in [0.3, 0.4) is 0 Å². The van der Waals surface area contributed by atoms with Gasteiger partial charge in [0.25, 0.3) is 0 Å². The quantitative estimate of drug-likeness (QED) is 0.743. The number of rotatable bonds is 6. The summed E-state index contributed by atoms with van der Waals surface area (Å²) in [4.78, 5) is 15.6. The smallest absolute Gasteiger partial charge is 0.306 e. The fourth-order valence-electron chi connectivity index (χ4n) is 1.50. The van der Waals surface area contributed by atoms with Crippen LogP contribution < -0.4 is 4.74 Å². The zero-order chi connectivity index (χ0) is 13.5. The van der Waals surface area contributed by atoms with Crippen LogP contribution in [0.15, 0.2) is 12.1 Å². The zero-order valence-corrected chi connectivity index (χ0v) is 12.0. The molecule has 0 aliphatic carbocycles. The van der Waals surface area contributed by atoms with Gasteiger partial charge in [-0.2, -0.15) is 11.8 Å². The van der Waals surface area contributed by atoms with Gasteiger partial charge in [0.2, 0.25) is 0 Å². The van der Waals surface area contributed by atoms with E-state index in [2.05, 4.69) is 9.72 Å². The lowest BCUT2D eigenvalue weighted by Gasteiger charge is -2.10. The molecule has 1 unspecified atom stereocenters. The Bertz CT molecular complexity index is 409. The molecule has 0 saturated heterocycles. The molecule has 0 N–H and O–H groups in total. The molecule has 0 fully saturated rings. The lowest BCUT2D eigenvalue weighted by molar-refractivity contribution is -0.140. The molecule has 1 atom stereocenters. The van der Waals surface area contributed by atoms with E-state index in [1.54, 1.807) is 18.9 Å². The molecule has 0 aromatic carbocycles. The van der Waals surface area contributed by atoms with E-state index in [9.17, 15) is 4.79 Å². The third-order valence-electron chi connectivity index (χ3n) is 2.41. The predicted molar refractivity (Wildman–Crippen MR) is 72.9 cm³/mol. The van der Waals surface area contributed by atoms with Crippen LogP contribution in [0.2, 0.25) is 0 Å². The van der Waals surface area contributed by atoms with Crippen LogP contribution in [0.4, 0.5) is 0 Å². The maximum atomic E-state index is 11.1. The summed E-state index contributed by atoms with van der Waals surface area (Å²) in [6, 6.07) is 3.82. The average molecular weight is 269 g/mol. The summed E-state index contributed by atoms with van der Waals surface area (Å²) in [6.07, 6.45) is 0.421. The Kier molecular flexibility index (Phi) is 5.98. The van der Waals surface area contributed by atoms with Crippen molar-refractivity contribution in [2.75, 3.05) is 14.2 Å². The highest BCUT2D eigenvalue weighted by molar-refractivity contribution is 7.99. The molecule has 0 aliphatic rings. The van der Waals surface area contributed by atoms with Crippen molar-refractivity contribution in [3.63, 3.8) is 0 Å². The molecule has 100 valence electrons. The molecule has 4 nitrogen and oxygen atoms in total. The van der Waals surface area contributed by atoms with Crippen LogP contribution in [-0.2, 0) is 15.3 Å². The topological polar surface area (TPSA) is 48.4 Å². The van der Waals surface area contributed by atoms with Crippen molar-refractivity contribution in [3.05, 3.63) is 23.5 Å². The van der Waals surface area contributed by atoms with Crippen molar-refractivity contribution in [1.82, 2.24) is 4.98 Å². The van der Waals surface area contributed by atoms with Crippen molar-refractivity contribution in [2.45, 2.75) is 31.3 Å². The highest BCUT2D eigenvalue weighted by atomic mass is 32.2. The fraction of sp³-hybridized carbons (Fsp3) is 0.538. The second-order valence-corrected chi connectivity index (χ2v) is 5.47. The molecular weight excluding hydrogens is 250 g/mol. The van der Waals surface area contributed by atoms with E-state index in [1.165, 1.54) is 7.11 Å². The summed E-state index contributed by atoms with van der Waals surface area (Å²) in [5.74, 6) is 1.40. The molecule has 18 heavy (non-hydrogen) atoms. The first-order chi connectivity index (χ1) is 8.55. The van der Waals surface area contributed by atoms with Crippen molar-refractivity contribution >= 4 is 17.7 Å². The van der Waals surface area contributed by atoms with E-state index in [0.717, 1.165) is 22.9 Å². The fourth-order valence-corrected chi connectivity index (χ4v) is 2.36. The third kappa shape index (κ3) is 4.96. The van der Waals surface area contributed by atoms with Crippen molar-refractivity contribution in [3.8, 4) is 5.75 Å². The van der Waals surface area contributed by atoms with Crippen LogP contribution >= 0.6 is 11.8 Å². The first kappa shape index (κ1) is 14.8. The van der Waals surface area contributed by atoms with Gasteiger partial charge in [0.15, 0.2) is 0 Å². The van der Waals surface area contributed by atoms with Gasteiger partial charge in [-0.25, -0.2) is 0 Å². The lowest BCUT2D eigenvalue weighted by Crippen LogP contribution is -2.09. The molecule has 0 bridgehead atoms. The maximum Gasteiger partial charge on any atom is 0.306 e. The van der Waals surface area contributed by atoms with Gasteiger partial charge in [-0.05, 0) is 6.92 Å². The Hall–Kier alpha value is -1.23. The second-order valence-electron chi connectivity index (χ2n) is 4.04. The number of hydrogen-bond donors (Lipinski definition) is 0. The number of methoxy groups -OCH3 is 2. The standard InChI is InChI=1S/C13H19NO3S/c1-9-5-12(16-3)7-11(14-9)8-18-10(2)6-13(15)17-4/h5,7,10H,6,8H2,1-4H3. The Morgan fingerprint density at radius 1 is 1.44 bits per heavy atom. The zero-order valence-electron chi connectivity index (χ0n) is 11.2. The first-order valence-corrected chi connectivity index (χ1v) is 6.80. The first-order valence-electron chi connectivity index (χ1n) is 5.75. The molecule has 1 rings (SSSR count). The predicted octanol–water partition coefficient (Wildman–Crippen LogP) is 2.58. The van der Waals surface area contributed by atoms with Crippen molar-refractivity contribution < 1.29 is 14.3 Å². The molecule has 0 spiro atoms. The van der Waals surface area contributed by atoms with E-state index in [1.807, 2.05) is 26.0 Å². The number of ether oxygens (including phenoxy) is 2. The number of carbonyl (C=O) groups is 1. The second kappa shape index (κ2) is 7.26. The molecule has 1 aromatic rings. The van der Waals surface area contributed by atoms with Gasteiger partial charge in [0.05, 0.1) is 26.3 Å². The Labute approximate surface area is 112 Å². The number of hydrogen-bond acceptors (Lipinski definition) is 5. The van der Waals surface area contributed by atoms with Gasteiger partial charge in [0.1, 0.15) is 5.75 Å². The third-order valence-corrected chi connectivity index (χ3v) is 3.61. The number of pyridine rings is 1. The summed E-state index contributed by atoms with van der Waals surface area (Å²) < 4.78 is 9.84. The van der Waals surface area contributed by atoms with Crippen LogP contribution in [0.25, 0.3) is 0 Å². The molecular formula is C13H19NO3S. The number of aromatic nitrogens is 1. The average Bonchev–Trinajstić information content (AvgIpc) is 2.35. The van der Waals surface area contributed by atoms with Gasteiger partial charge >= 0.3 is 5.97 Å². The molecule has 5 heteroatoms. The number of esters is 1. The summed E-state index contributed by atoms with van der Waals surface area (Å²) in [6.45, 7) is 3.95. The number of nitrogens with zero attached hydrogens (tertiary/aromatic N) is 1. The molecule has 0 aliphatic heterocycles. The van der Waals surface area contributed by atoms with Crippen molar-refractivity contribution in [1.29, 1.82) is 0 Å². The number of thioether (sulfide) groups is 1. The highest BCUT2D eigenvalue weighted by Crippen LogP contribution is 2.22. The summed E-state index contributed by atoms with van der Waals surface area (Å²) in [7, 11) is 3.05. The molecule has 0 amide bonds. The molecule has 1 aromatic heterocycles. The van der Waals surface area contributed by atoms with Gasteiger partial charge in [-0.15, -0.1) is 0 Å². The Morgan fingerprint density at radius 2 is 2.17 bits per heavy atom. The SMILES string of the molecule is COC(=O)CC(C)SCc1cc(OC)cc(C)n1. The summed E-state index contributed by atoms with van der Waals surface area (Å²) in [5.41, 5.74) is 1.90. The summed E-state index contributed by atoms with van der Waals surface area (Å²) >= 11 is 1.68. The minimum absolute atomic E-state index is 0.176. The Morgan fingerprint density at radius 3 is 2.78 bits per heavy atom. The van der Waals surface area contributed by atoms with Gasteiger partial charge < -0.3 is 9.47 Å². The van der Waals surface area contributed by atoms with Crippen LogP contribution in [-0.4, -0.2) is 30.4 Å². The van der Waals surface area contributed by atoms with E-state index in [0.29, 0.717) is 6.42 Å². The Balaban J connectivity index is 2.52. The van der Waals surface area contributed by atoms with Crippen molar-refractivity contribution in [2.24, 2.45) is 0 Å². The van der Waals surface area contributed by atoms with E-state index < -0.39 is 0 Å². The van der Waals surface area contributed by atoms with Crippen LogP contribution in [0.1, 0.15) is 24.7 Å². The van der Waals surface area contributed by atoms with Crippen LogP contribution in [0, 0.1) is 6.92 Å². The number of aryl methyl sites for hydroxylation is 1. The highest BCUT2D eigenvalue weighted by Gasteiger charge is 2.10. The largest absolute Gasteiger partial charge is 0.497 e. The van der Waals surface area contributed by atoms with E-state index >= 15 is 0 Å². The minimum atomic E-state index is -0.176. The van der Waals surface area contributed by atoms with E-state index in [4.69, 9.17) is 4.74 Å². The van der Waals surface area contributed by atoms with E-state index in [-0.39, 0.29) is 11.2 Å². The minimum Gasteiger partial charge on any atom is -0.497 e. The maximum absolute atomic E-state index is 11.1. The van der Waals surface area contributed by atoms with Gasteiger partial charge in [-0.3, -0.25) is 9.78 Å². The monoisotopic (exact) mass is 269 g/mol. The molecule has 0 saturated carbocycles. The summed E-state index contributed by atoms with van der Waals surface area (Å²) in [5, 5.41) is 0.214. The molecule has 1 heterocycles. The van der Waals surface area contributed by atoms with Gasteiger partial charge in [0, 0.05) is 28.8 Å². The lowest BCUT2D eigenvalue weighted by atomic mass is 10.3. The van der Waals surface area contributed by atoms with Gasteiger partial charge in [-0.1, -0.05) is 6.92 Å². The normalized spacial score (nSPS) is 12.0. The van der Waals surface area contributed by atoms with Crippen LogP contribution in [0.5, 0.6) is 5.75 Å². The number of carbonyl (C=O) groups excluding carboxylic acids is 1. The molecule has 0 radical (unpaired) electrons.